The molecule has 17 rings (SSSR count). The lowest BCUT2D eigenvalue weighted by molar-refractivity contribution is 1.07. The Morgan fingerprint density at radius 3 is 1.04 bits per heavy atom. The lowest BCUT2D eigenvalue weighted by Gasteiger charge is -2.20. The van der Waals surface area contributed by atoms with Crippen molar-refractivity contribution < 1.29 is 0 Å². The average Bonchev–Trinajstić information content (AvgIpc) is 2.26. The fourth-order valence-corrected chi connectivity index (χ4v) is 13.2. The van der Waals surface area contributed by atoms with Crippen LogP contribution < -0.4 is 0 Å². The third-order valence-corrected chi connectivity index (χ3v) is 16.8. The molecule has 84 heavy (non-hydrogen) atoms. The van der Waals surface area contributed by atoms with E-state index in [-0.39, 0.29) is 0 Å². The summed E-state index contributed by atoms with van der Waals surface area (Å²) in [6.45, 7) is 0. The van der Waals surface area contributed by atoms with Crippen molar-refractivity contribution in [2.75, 3.05) is 0 Å². The zero-order chi connectivity index (χ0) is 55.4. The Morgan fingerprint density at radius 2 is 0.607 bits per heavy atom. The second-order valence-corrected chi connectivity index (χ2v) is 21.5. The van der Waals surface area contributed by atoms with E-state index in [0.717, 1.165) is 116 Å². The minimum absolute atomic E-state index is 0.540. The van der Waals surface area contributed by atoms with E-state index in [1.807, 2.05) is 72.8 Å². The van der Waals surface area contributed by atoms with Gasteiger partial charge in [0, 0.05) is 82.3 Å². The van der Waals surface area contributed by atoms with E-state index in [4.69, 9.17) is 15.0 Å². The SMILES string of the molecule is N#Cc1ccc(-c2cc(-c3nc(-c4ccccc4)nc(-c4ccccc4)n3)ccc2-n2c3ccccc3c3cc(-n4c5ccccc5c5ccccc54)ccc32)c(-n2c3ccccc3c3cc(-n4c5ccccc5c5ccccc54)ccc32)c1. The van der Waals surface area contributed by atoms with Crippen molar-refractivity contribution in [2.24, 2.45) is 0 Å². The third kappa shape index (κ3) is 7.23. The normalized spacial score (nSPS) is 11.8. The minimum atomic E-state index is 0.540. The van der Waals surface area contributed by atoms with E-state index in [1.165, 1.54) is 21.5 Å². The standard InChI is InChI=1S/C76H46N8/c77-47-48-35-39-60(73(43-48)84-69-34-18-12-28-59(69)63-46-53(38-42-72(63)84)82-66-31-15-9-25-56(66)57-26-10-16-32-67(57)82)61-44-51(76-79-74(49-19-3-1-4-20-49)78-75(80-76)50-21-5-2-6-22-50)36-40-70(61)83-68-33-17-11-27-58(68)62-45-52(37-41-71(62)83)81-64-29-13-7-23-54(64)55-24-8-14-30-65(55)81/h1-46H. The molecule has 8 nitrogen and oxygen atoms in total. The highest BCUT2D eigenvalue weighted by molar-refractivity contribution is 6.15. The van der Waals surface area contributed by atoms with Crippen LogP contribution in [0.1, 0.15) is 5.56 Å². The van der Waals surface area contributed by atoms with Crippen molar-refractivity contribution >= 4 is 87.2 Å². The van der Waals surface area contributed by atoms with Crippen LogP contribution in [0.5, 0.6) is 0 Å². The molecule has 5 aromatic heterocycles. The number of nitrogens with zero attached hydrogens (tertiary/aromatic N) is 8. The van der Waals surface area contributed by atoms with Gasteiger partial charge in [0.15, 0.2) is 17.5 Å². The topological polar surface area (TPSA) is 82.2 Å². The number of hydrogen-bond donors (Lipinski definition) is 0. The highest BCUT2D eigenvalue weighted by Crippen LogP contribution is 2.45. The second kappa shape index (κ2) is 18.7. The number of benzene rings is 12. The van der Waals surface area contributed by atoms with Crippen molar-refractivity contribution in [1.82, 2.24) is 33.2 Å². The molecule has 8 heteroatoms. The van der Waals surface area contributed by atoms with Gasteiger partial charge in [-0.3, -0.25) is 0 Å². The van der Waals surface area contributed by atoms with Crippen molar-refractivity contribution in [3.8, 4) is 74.1 Å². The van der Waals surface area contributed by atoms with Gasteiger partial charge in [-0.2, -0.15) is 5.26 Å². The predicted molar refractivity (Wildman–Crippen MR) is 344 cm³/mol. The number of aromatic nitrogens is 7. The number of hydrogen-bond acceptors (Lipinski definition) is 4. The summed E-state index contributed by atoms with van der Waals surface area (Å²) in [4.78, 5) is 15.6. The van der Waals surface area contributed by atoms with Gasteiger partial charge in [0.25, 0.3) is 0 Å². The van der Waals surface area contributed by atoms with E-state index >= 15 is 0 Å². The Hall–Kier alpha value is -11.7. The smallest absolute Gasteiger partial charge is 0.164 e. The van der Waals surface area contributed by atoms with Crippen molar-refractivity contribution in [1.29, 1.82) is 5.26 Å². The summed E-state index contributed by atoms with van der Waals surface area (Å²) in [5.41, 5.74) is 17.7. The Balaban J connectivity index is 0.937. The molecule has 17 aromatic rings. The van der Waals surface area contributed by atoms with Crippen LogP contribution >= 0.6 is 0 Å². The summed E-state index contributed by atoms with van der Waals surface area (Å²) < 4.78 is 9.52. The summed E-state index contributed by atoms with van der Waals surface area (Å²) in [5, 5.41) is 20.2. The zero-order valence-electron chi connectivity index (χ0n) is 45.1. The molecule has 0 saturated carbocycles. The molecule has 0 unspecified atom stereocenters. The molecule has 0 aliphatic rings. The van der Waals surface area contributed by atoms with Crippen LogP contribution in [-0.4, -0.2) is 33.2 Å². The maximum atomic E-state index is 10.9. The van der Waals surface area contributed by atoms with Gasteiger partial charge in [0.1, 0.15) is 0 Å². The van der Waals surface area contributed by atoms with Crippen molar-refractivity contribution in [3.63, 3.8) is 0 Å². The molecular weight excluding hydrogens is 1020 g/mol. The number of rotatable bonds is 8. The van der Waals surface area contributed by atoms with E-state index in [2.05, 4.69) is 231 Å². The lowest BCUT2D eigenvalue weighted by atomic mass is 9.96. The van der Waals surface area contributed by atoms with Crippen LogP contribution in [0.3, 0.4) is 0 Å². The fourth-order valence-electron chi connectivity index (χ4n) is 13.2. The quantitative estimate of drug-likeness (QED) is 0.152. The first-order chi connectivity index (χ1) is 41.6. The first-order valence-electron chi connectivity index (χ1n) is 28.2. The summed E-state index contributed by atoms with van der Waals surface area (Å²) in [6.07, 6.45) is 0. The number of para-hydroxylation sites is 6. The molecule has 12 aromatic carbocycles. The summed E-state index contributed by atoms with van der Waals surface area (Å²) in [5.74, 6) is 1.70. The molecule has 5 heterocycles. The molecule has 0 N–H and O–H groups in total. The molecule has 0 saturated heterocycles. The maximum Gasteiger partial charge on any atom is 0.164 e. The second-order valence-electron chi connectivity index (χ2n) is 21.5. The first-order valence-corrected chi connectivity index (χ1v) is 28.2. The molecule has 0 amide bonds. The van der Waals surface area contributed by atoms with Crippen LogP contribution in [0.4, 0.5) is 0 Å². The zero-order valence-corrected chi connectivity index (χ0v) is 45.1. The van der Waals surface area contributed by atoms with Gasteiger partial charge in [-0.1, -0.05) is 176 Å². The van der Waals surface area contributed by atoms with E-state index in [0.29, 0.717) is 23.0 Å². The van der Waals surface area contributed by atoms with Crippen LogP contribution in [0.2, 0.25) is 0 Å². The van der Waals surface area contributed by atoms with Crippen LogP contribution in [-0.2, 0) is 0 Å². The van der Waals surface area contributed by atoms with Crippen molar-refractivity contribution in [2.45, 2.75) is 0 Å². The van der Waals surface area contributed by atoms with Gasteiger partial charge in [0.05, 0.1) is 67.1 Å². The molecule has 0 aliphatic carbocycles. The molecule has 390 valence electrons. The number of nitriles is 1. The molecule has 0 bridgehead atoms. The van der Waals surface area contributed by atoms with Gasteiger partial charge in [-0.25, -0.2) is 15.0 Å². The van der Waals surface area contributed by atoms with Crippen LogP contribution in [0.25, 0.3) is 155 Å². The number of fused-ring (bicyclic) bond motifs is 12. The molecule has 0 spiro atoms. The first kappa shape index (κ1) is 47.2. The van der Waals surface area contributed by atoms with E-state index in [1.54, 1.807) is 0 Å². The van der Waals surface area contributed by atoms with Gasteiger partial charge in [0.2, 0.25) is 0 Å². The fraction of sp³-hybridized carbons (Fsp3) is 0. The summed E-state index contributed by atoms with van der Waals surface area (Å²) in [7, 11) is 0. The lowest BCUT2D eigenvalue weighted by Crippen LogP contribution is -2.04. The van der Waals surface area contributed by atoms with Gasteiger partial charge >= 0.3 is 0 Å². The van der Waals surface area contributed by atoms with Gasteiger partial charge in [-0.05, 0) is 103 Å². The highest BCUT2D eigenvalue weighted by atomic mass is 15.0. The Kier molecular flexibility index (Phi) is 10.5. The highest BCUT2D eigenvalue weighted by Gasteiger charge is 2.25. The predicted octanol–water partition coefficient (Wildman–Crippen LogP) is 18.8. The maximum absolute atomic E-state index is 10.9. The average molecular weight is 1070 g/mol. The molecule has 0 aliphatic heterocycles. The van der Waals surface area contributed by atoms with E-state index < -0.39 is 0 Å². The van der Waals surface area contributed by atoms with Crippen LogP contribution in [0.15, 0.2) is 279 Å². The largest absolute Gasteiger partial charge is 0.309 e. The molecule has 0 fully saturated rings. The molecular formula is C76H46N8. The molecule has 0 atom stereocenters. The Morgan fingerprint density at radius 1 is 0.250 bits per heavy atom. The Labute approximate surface area is 481 Å². The van der Waals surface area contributed by atoms with Crippen molar-refractivity contribution in [3.05, 3.63) is 285 Å². The third-order valence-electron chi connectivity index (χ3n) is 16.8. The van der Waals surface area contributed by atoms with Gasteiger partial charge in [-0.15, -0.1) is 0 Å². The summed E-state index contributed by atoms with van der Waals surface area (Å²) >= 11 is 0. The Bertz CT molecular complexity index is 5420. The summed E-state index contributed by atoms with van der Waals surface area (Å²) in [6, 6.07) is 101. The van der Waals surface area contributed by atoms with Crippen LogP contribution in [0, 0.1) is 11.3 Å². The van der Waals surface area contributed by atoms with E-state index in [9.17, 15) is 5.26 Å². The monoisotopic (exact) mass is 1070 g/mol. The van der Waals surface area contributed by atoms with Gasteiger partial charge < -0.3 is 18.3 Å². The molecule has 0 radical (unpaired) electrons. The minimum Gasteiger partial charge on any atom is -0.309 e.